The number of rotatable bonds is 4. The van der Waals surface area contributed by atoms with Gasteiger partial charge in [-0.1, -0.05) is 30.3 Å². The number of carbonyl (C=O) groups is 1. The van der Waals surface area contributed by atoms with Gasteiger partial charge in [0.1, 0.15) is 6.10 Å². The molecule has 0 aromatic heterocycles. The highest BCUT2D eigenvalue weighted by atomic mass is 16.6. The van der Waals surface area contributed by atoms with Crippen LogP contribution in [0.4, 0.5) is 4.79 Å². The van der Waals surface area contributed by atoms with Gasteiger partial charge >= 0.3 is 6.09 Å². The maximum absolute atomic E-state index is 11.0. The average molecular weight is 234 g/mol. The molecule has 1 unspecified atom stereocenters. The molecule has 1 aromatic carbocycles. The van der Waals surface area contributed by atoms with Crippen LogP contribution in [0.5, 0.6) is 0 Å². The van der Waals surface area contributed by atoms with Crippen LogP contribution < -0.4 is 11.1 Å². The van der Waals surface area contributed by atoms with Crippen molar-refractivity contribution in [2.24, 2.45) is 11.7 Å². The van der Waals surface area contributed by atoms with Crippen molar-refractivity contribution < 1.29 is 9.53 Å². The molecule has 0 aliphatic heterocycles. The molecule has 1 aliphatic carbocycles. The molecule has 4 nitrogen and oxygen atoms in total. The summed E-state index contributed by atoms with van der Waals surface area (Å²) < 4.78 is 5.24. The summed E-state index contributed by atoms with van der Waals surface area (Å²) in [5, 5.41) is 3.22. The van der Waals surface area contributed by atoms with E-state index in [0.717, 1.165) is 18.4 Å². The van der Waals surface area contributed by atoms with Crippen LogP contribution in [0.25, 0.3) is 0 Å². The van der Waals surface area contributed by atoms with Crippen molar-refractivity contribution in [2.75, 3.05) is 7.05 Å². The Hall–Kier alpha value is -1.55. The fraction of sp³-hybridized carbons (Fsp3) is 0.462. The van der Waals surface area contributed by atoms with Crippen LogP contribution >= 0.6 is 0 Å². The lowest BCUT2D eigenvalue weighted by Gasteiger charge is -2.39. The Kier molecular flexibility index (Phi) is 3.64. The largest absolute Gasteiger partial charge is 0.441 e. The van der Waals surface area contributed by atoms with Crippen LogP contribution in [-0.4, -0.2) is 19.2 Å². The first-order chi connectivity index (χ1) is 8.20. The molecule has 0 bridgehead atoms. The summed E-state index contributed by atoms with van der Waals surface area (Å²) >= 11 is 0. The molecule has 92 valence electrons. The van der Waals surface area contributed by atoms with Crippen LogP contribution in [0.3, 0.4) is 0 Å². The molecule has 1 aromatic rings. The third-order valence-electron chi connectivity index (χ3n) is 3.38. The van der Waals surface area contributed by atoms with Crippen molar-refractivity contribution in [1.82, 2.24) is 5.32 Å². The van der Waals surface area contributed by atoms with Crippen molar-refractivity contribution in [3.63, 3.8) is 0 Å². The van der Waals surface area contributed by atoms with Gasteiger partial charge in [0.25, 0.3) is 0 Å². The number of amides is 1. The Morgan fingerprint density at radius 3 is 2.59 bits per heavy atom. The molecule has 1 saturated carbocycles. The summed E-state index contributed by atoms with van der Waals surface area (Å²) in [6.45, 7) is 0. The lowest BCUT2D eigenvalue weighted by Crippen LogP contribution is -2.42. The number of ether oxygens (including phenoxy) is 1. The predicted molar refractivity (Wildman–Crippen MR) is 65.4 cm³/mol. The first-order valence-corrected chi connectivity index (χ1v) is 5.89. The van der Waals surface area contributed by atoms with Crippen LogP contribution in [0.15, 0.2) is 30.3 Å². The summed E-state index contributed by atoms with van der Waals surface area (Å²) in [5.74, 6) is 0.363. The van der Waals surface area contributed by atoms with E-state index in [1.807, 2.05) is 37.4 Å². The van der Waals surface area contributed by atoms with Crippen molar-refractivity contribution in [1.29, 1.82) is 0 Å². The van der Waals surface area contributed by atoms with Crippen molar-refractivity contribution >= 4 is 6.09 Å². The minimum atomic E-state index is -0.702. The highest BCUT2D eigenvalue weighted by molar-refractivity contribution is 5.65. The van der Waals surface area contributed by atoms with Crippen molar-refractivity contribution in [3.8, 4) is 0 Å². The van der Waals surface area contributed by atoms with Crippen molar-refractivity contribution in [2.45, 2.75) is 25.0 Å². The number of nitrogens with two attached hydrogens (primary N) is 1. The lowest BCUT2D eigenvalue weighted by molar-refractivity contribution is 0.0239. The Morgan fingerprint density at radius 1 is 1.41 bits per heavy atom. The number of nitrogens with one attached hydrogen (secondary N) is 1. The van der Waals surface area contributed by atoms with Crippen LogP contribution in [-0.2, 0) is 4.74 Å². The van der Waals surface area contributed by atoms with Gasteiger partial charge in [0.15, 0.2) is 0 Å². The van der Waals surface area contributed by atoms with Crippen LogP contribution in [0.1, 0.15) is 24.5 Å². The Labute approximate surface area is 101 Å². The molecule has 1 amide bonds. The molecule has 1 fully saturated rings. The molecule has 3 N–H and O–H groups in total. The number of hydrogen-bond donors (Lipinski definition) is 2. The van der Waals surface area contributed by atoms with Gasteiger partial charge in [-0.05, 0) is 25.5 Å². The molecule has 1 atom stereocenters. The molecule has 17 heavy (non-hydrogen) atoms. The first kappa shape index (κ1) is 11.9. The lowest BCUT2D eigenvalue weighted by atomic mass is 9.75. The van der Waals surface area contributed by atoms with E-state index in [2.05, 4.69) is 5.32 Å². The zero-order valence-electron chi connectivity index (χ0n) is 9.93. The number of hydrogen-bond acceptors (Lipinski definition) is 3. The van der Waals surface area contributed by atoms with Gasteiger partial charge in [-0.15, -0.1) is 0 Å². The van der Waals surface area contributed by atoms with E-state index >= 15 is 0 Å². The first-order valence-electron chi connectivity index (χ1n) is 5.89. The fourth-order valence-corrected chi connectivity index (χ4v) is 2.35. The summed E-state index contributed by atoms with van der Waals surface area (Å²) in [5.41, 5.74) is 6.16. The van der Waals surface area contributed by atoms with Crippen LogP contribution in [0, 0.1) is 5.92 Å². The number of carbonyl (C=O) groups excluding carboxylic acids is 1. The average Bonchev–Trinajstić information content (AvgIpc) is 2.27. The molecular weight excluding hydrogens is 216 g/mol. The fourth-order valence-electron chi connectivity index (χ4n) is 2.35. The molecule has 0 spiro atoms. The third-order valence-corrected chi connectivity index (χ3v) is 3.38. The minimum Gasteiger partial charge on any atom is -0.441 e. The summed E-state index contributed by atoms with van der Waals surface area (Å²) in [6.07, 6.45) is 1.12. The Bertz CT molecular complexity index is 374. The topological polar surface area (TPSA) is 64.3 Å². The van der Waals surface area contributed by atoms with Gasteiger partial charge in [0, 0.05) is 12.0 Å². The van der Waals surface area contributed by atoms with E-state index in [9.17, 15) is 4.79 Å². The van der Waals surface area contributed by atoms with Gasteiger partial charge in [-0.25, -0.2) is 4.79 Å². The second kappa shape index (κ2) is 5.19. The zero-order chi connectivity index (χ0) is 12.3. The summed E-state index contributed by atoms with van der Waals surface area (Å²) in [4.78, 5) is 11.0. The van der Waals surface area contributed by atoms with Gasteiger partial charge in [-0.2, -0.15) is 0 Å². The molecule has 0 radical (unpaired) electrons. The zero-order valence-corrected chi connectivity index (χ0v) is 9.93. The smallest absolute Gasteiger partial charge is 0.405 e. The molecule has 1 aliphatic rings. The maximum Gasteiger partial charge on any atom is 0.405 e. The Morgan fingerprint density at radius 2 is 2.06 bits per heavy atom. The quantitative estimate of drug-likeness (QED) is 0.835. The van der Waals surface area contributed by atoms with E-state index in [4.69, 9.17) is 10.5 Å². The Balaban J connectivity index is 2.07. The highest BCUT2D eigenvalue weighted by Crippen LogP contribution is 2.40. The summed E-state index contributed by atoms with van der Waals surface area (Å²) in [7, 11) is 1.95. The molecule has 0 heterocycles. The molecule has 0 saturated heterocycles. The predicted octanol–water partition coefficient (Wildman–Crippen LogP) is 1.82. The molecule has 4 heteroatoms. The van der Waals surface area contributed by atoms with E-state index in [0.29, 0.717) is 12.0 Å². The number of benzene rings is 1. The van der Waals surface area contributed by atoms with Crippen molar-refractivity contribution in [3.05, 3.63) is 35.9 Å². The van der Waals surface area contributed by atoms with E-state index < -0.39 is 6.09 Å². The van der Waals surface area contributed by atoms with Gasteiger partial charge in [-0.3, -0.25) is 0 Å². The molecular formula is C13H18N2O2. The number of primary amides is 1. The van der Waals surface area contributed by atoms with Gasteiger partial charge in [0.05, 0.1) is 0 Å². The van der Waals surface area contributed by atoms with Gasteiger partial charge in [0.2, 0.25) is 0 Å². The van der Waals surface area contributed by atoms with E-state index in [1.54, 1.807) is 0 Å². The van der Waals surface area contributed by atoms with Crippen LogP contribution in [0.2, 0.25) is 0 Å². The van der Waals surface area contributed by atoms with E-state index in [-0.39, 0.29) is 6.10 Å². The second-order valence-corrected chi connectivity index (χ2v) is 4.49. The molecule has 2 rings (SSSR count). The van der Waals surface area contributed by atoms with Gasteiger partial charge < -0.3 is 15.8 Å². The monoisotopic (exact) mass is 234 g/mol. The SMILES string of the molecule is CNC1CC(C(OC(N)=O)c2ccccc2)C1. The minimum absolute atomic E-state index is 0.210. The summed E-state index contributed by atoms with van der Waals surface area (Å²) in [6, 6.07) is 10.3. The van der Waals surface area contributed by atoms with E-state index in [1.165, 1.54) is 0 Å². The third kappa shape index (κ3) is 2.77. The second-order valence-electron chi connectivity index (χ2n) is 4.49. The maximum atomic E-state index is 11.0. The highest BCUT2D eigenvalue weighted by Gasteiger charge is 2.36. The normalized spacial score (nSPS) is 24.8. The standard InChI is InChI=1S/C13H18N2O2/c1-15-11-7-10(8-11)12(17-13(14)16)9-5-3-2-4-6-9/h2-6,10-12,15H,7-8H2,1H3,(H2,14,16).